The number of ether oxygens (including phenoxy) is 2. The van der Waals surface area contributed by atoms with Gasteiger partial charge in [0, 0.05) is 18.4 Å². The molecule has 0 aliphatic heterocycles. The van der Waals surface area contributed by atoms with Crippen LogP contribution in [0.4, 0.5) is 10.1 Å². The molecule has 2 aromatic carbocycles. The van der Waals surface area contributed by atoms with Crippen LogP contribution in [0.2, 0.25) is 0 Å². The number of hydrogen-bond donors (Lipinski definition) is 2. The van der Waals surface area contributed by atoms with Gasteiger partial charge in [0.1, 0.15) is 17.5 Å². The number of carbonyl (C=O) groups is 1. The highest BCUT2D eigenvalue weighted by Crippen LogP contribution is 2.27. The SMILES string of the molecule is COc1ccc(CCNC(=O)/C(C#N)=C\Nc2ccc(F)cc2)cc1OC. The van der Waals surface area contributed by atoms with E-state index in [1.807, 2.05) is 18.2 Å². The molecule has 0 atom stereocenters. The quantitative estimate of drug-likeness (QED) is 0.552. The number of carbonyl (C=O) groups excluding carboxylic acids is 1. The fraction of sp³-hybridized carbons (Fsp3) is 0.200. The molecular formula is C20H20FN3O3. The van der Waals surface area contributed by atoms with Gasteiger partial charge in [-0.15, -0.1) is 0 Å². The molecule has 2 aromatic rings. The van der Waals surface area contributed by atoms with Gasteiger partial charge >= 0.3 is 0 Å². The third kappa shape index (κ3) is 5.75. The van der Waals surface area contributed by atoms with Gasteiger partial charge in [-0.25, -0.2) is 4.39 Å². The van der Waals surface area contributed by atoms with Gasteiger partial charge in [0.25, 0.3) is 5.91 Å². The van der Waals surface area contributed by atoms with Crippen molar-refractivity contribution < 1.29 is 18.7 Å². The highest BCUT2D eigenvalue weighted by Gasteiger charge is 2.09. The largest absolute Gasteiger partial charge is 0.493 e. The van der Waals surface area contributed by atoms with E-state index in [2.05, 4.69) is 10.6 Å². The molecule has 0 heterocycles. The van der Waals surface area contributed by atoms with Gasteiger partial charge in [0.2, 0.25) is 0 Å². The van der Waals surface area contributed by atoms with Gasteiger partial charge in [-0.2, -0.15) is 5.26 Å². The summed E-state index contributed by atoms with van der Waals surface area (Å²) in [5, 5.41) is 14.6. The average Bonchev–Trinajstić information content (AvgIpc) is 2.69. The summed E-state index contributed by atoms with van der Waals surface area (Å²) in [6.45, 7) is 0.351. The molecule has 7 heteroatoms. The van der Waals surface area contributed by atoms with Crippen LogP contribution in [-0.4, -0.2) is 26.7 Å². The molecule has 6 nitrogen and oxygen atoms in total. The first-order valence-electron chi connectivity index (χ1n) is 8.19. The number of amides is 1. The molecule has 27 heavy (non-hydrogen) atoms. The minimum Gasteiger partial charge on any atom is -0.493 e. The van der Waals surface area contributed by atoms with Crippen LogP contribution in [0.15, 0.2) is 54.2 Å². The normalized spacial score (nSPS) is 10.7. The second-order valence-electron chi connectivity index (χ2n) is 5.52. The van der Waals surface area contributed by atoms with Crippen molar-refractivity contribution >= 4 is 11.6 Å². The van der Waals surface area contributed by atoms with Crippen LogP contribution in [0.5, 0.6) is 11.5 Å². The molecule has 0 aromatic heterocycles. The molecule has 0 spiro atoms. The molecule has 0 saturated heterocycles. The summed E-state index contributed by atoms with van der Waals surface area (Å²) in [6.07, 6.45) is 1.86. The molecule has 0 saturated carbocycles. The Morgan fingerprint density at radius 2 is 1.85 bits per heavy atom. The van der Waals surface area contributed by atoms with Crippen molar-refractivity contribution in [3.63, 3.8) is 0 Å². The lowest BCUT2D eigenvalue weighted by Crippen LogP contribution is -2.27. The summed E-state index contributed by atoms with van der Waals surface area (Å²) in [6, 6.07) is 12.9. The fourth-order valence-corrected chi connectivity index (χ4v) is 2.30. The Kier molecular flexibility index (Phi) is 7.20. The Hall–Kier alpha value is -3.53. The zero-order valence-electron chi connectivity index (χ0n) is 15.1. The summed E-state index contributed by atoms with van der Waals surface area (Å²) in [4.78, 5) is 12.1. The van der Waals surface area contributed by atoms with Gasteiger partial charge < -0.3 is 20.1 Å². The summed E-state index contributed by atoms with van der Waals surface area (Å²) < 4.78 is 23.3. The van der Waals surface area contributed by atoms with E-state index in [-0.39, 0.29) is 11.4 Å². The van der Waals surface area contributed by atoms with Crippen LogP contribution in [0.1, 0.15) is 5.56 Å². The Morgan fingerprint density at radius 3 is 2.48 bits per heavy atom. The van der Waals surface area contributed by atoms with Gasteiger partial charge in [0.15, 0.2) is 11.5 Å². The van der Waals surface area contributed by atoms with E-state index < -0.39 is 5.91 Å². The second-order valence-corrected chi connectivity index (χ2v) is 5.52. The van der Waals surface area contributed by atoms with Gasteiger partial charge in [-0.05, 0) is 48.4 Å². The lowest BCUT2D eigenvalue weighted by atomic mass is 10.1. The molecule has 0 radical (unpaired) electrons. The molecular weight excluding hydrogens is 349 g/mol. The maximum absolute atomic E-state index is 12.9. The summed E-state index contributed by atoms with van der Waals surface area (Å²) in [5.74, 6) is 0.389. The van der Waals surface area contributed by atoms with E-state index in [1.165, 1.54) is 30.5 Å². The van der Waals surface area contributed by atoms with Crippen molar-refractivity contribution in [1.29, 1.82) is 5.26 Å². The third-order valence-corrected chi connectivity index (χ3v) is 3.74. The molecule has 0 aliphatic carbocycles. The molecule has 2 rings (SSSR count). The van der Waals surface area contributed by atoms with Crippen LogP contribution in [-0.2, 0) is 11.2 Å². The topological polar surface area (TPSA) is 83.4 Å². The number of hydrogen-bond acceptors (Lipinski definition) is 5. The van der Waals surface area contributed by atoms with E-state index in [9.17, 15) is 9.18 Å². The van der Waals surface area contributed by atoms with Crippen LogP contribution in [0.3, 0.4) is 0 Å². The van der Waals surface area contributed by atoms with Gasteiger partial charge in [-0.3, -0.25) is 4.79 Å². The fourth-order valence-electron chi connectivity index (χ4n) is 2.30. The van der Waals surface area contributed by atoms with E-state index in [0.29, 0.717) is 30.2 Å². The predicted molar refractivity (Wildman–Crippen MR) is 100.0 cm³/mol. The number of halogens is 1. The smallest absolute Gasteiger partial charge is 0.263 e. The van der Waals surface area contributed by atoms with Crippen molar-refractivity contribution in [2.24, 2.45) is 0 Å². The van der Waals surface area contributed by atoms with Crippen LogP contribution < -0.4 is 20.1 Å². The maximum atomic E-state index is 12.9. The predicted octanol–water partition coefficient (Wildman–Crippen LogP) is 3.02. The summed E-state index contributed by atoms with van der Waals surface area (Å²) in [7, 11) is 3.12. The zero-order chi connectivity index (χ0) is 19.6. The van der Waals surface area contributed by atoms with Crippen molar-refractivity contribution in [3.05, 3.63) is 65.6 Å². The van der Waals surface area contributed by atoms with Crippen molar-refractivity contribution in [1.82, 2.24) is 5.32 Å². The molecule has 140 valence electrons. The Morgan fingerprint density at radius 1 is 1.15 bits per heavy atom. The van der Waals surface area contributed by atoms with Crippen LogP contribution >= 0.6 is 0 Å². The first kappa shape index (κ1) is 19.8. The Bertz CT molecular complexity index is 858. The van der Waals surface area contributed by atoms with Gasteiger partial charge in [-0.1, -0.05) is 6.07 Å². The molecule has 2 N–H and O–H groups in total. The van der Waals surface area contributed by atoms with E-state index in [0.717, 1.165) is 5.56 Å². The van der Waals surface area contributed by atoms with E-state index >= 15 is 0 Å². The van der Waals surface area contributed by atoms with Crippen molar-refractivity contribution in [3.8, 4) is 17.6 Å². The van der Waals surface area contributed by atoms with Crippen molar-refractivity contribution in [2.45, 2.75) is 6.42 Å². The first-order chi connectivity index (χ1) is 13.1. The second kappa shape index (κ2) is 9.82. The molecule has 1 amide bonds. The molecule has 0 fully saturated rings. The minimum atomic E-state index is -0.493. The number of nitriles is 1. The first-order valence-corrected chi connectivity index (χ1v) is 8.19. The van der Waals surface area contributed by atoms with Crippen LogP contribution in [0.25, 0.3) is 0 Å². The standard InChI is InChI=1S/C20H20FN3O3/c1-26-18-8-3-14(11-19(18)27-2)9-10-23-20(25)15(12-22)13-24-17-6-4-16(21)5-7-17/h3-8,11,13,24H,9-10H2,1-2H3,(H,23,25)/b15-13-. The summed E-state index contributed by atoms with van der Waals surface area (Å²) >= 11 is 0. The molecule has 0 unspecified atom stereocenters. The number of rotatable bonds is 8. The minimum absolute atomic E-state index is 0.0772. The Labute approximate surface area is 157 Å². The van der Waals surface area contributed by atoms with E-state index in [1.54, 1.807) is 20.3 Å². The lowest BCUT2D eigenvalue weighted by molar-refractivity contribution is -0.117. The monoisotopic (exact) mass is 369 g/mol. The summed E-state index contributed by atoms with van der Waals surface area (Å²) in [5.41, 5.74) is 1.45. The van der Waals surface area contributed by atoms with Crippen LogP contribution in [0, 0.1) is 17.1 Å². The third-order valence-electron chi connectivity index (χ3n) is 3.74. The number of benzene rings is 2. The lowest BCUT2D eigenvalue weighted by Gasteiger charge is -2.10. The number of methoxy groups -OCH3 is 2. The Balaban J connectivity index is 1.90. The van der Waals surface area contributed by atoms with Gasteiger partial charge in [0.05, 0.1) is 14.2 Å². The number of nitrogens with one attached hydrogen (secondary N) is 2. The van der Waals surface area contributed by atoms with E-state index in [4.69, 9.17) is 14.7 Å². The van der Waals surface area contributed by atoms with Crippen molar-refractivity contribution in [2.75, 3.05) is 26.1 Å². The molecule has 0 aliphatic rings. The number of anilines is 1. The maximum Gasteiger partial charge on any atom is 0.263 e. The average molecular weight is 369 g/mol. The molecule has 0 bridgehead atoms. The number of nitrogens with zero attached hydrogens (tertiary/aromatic N) is 1. The zero-order valence-corrected chi connectivity index (χ0v) is 15.1. The highest BCUT2D eigenvalue weighted by atomic mass is 19.1. The highest BCUT2D eigenvalue weighted by molar-refractivity contribution is 5.97.